The van der Waals surface area contributed by atoms with E-state index in [1.165, 1.54) is 13.3 Å². The number of benzene rings is 1. The number of fused-ring (bicyclic) bond motifs is 1. The molecule has 1 aliphatic heterocycles. The SMILES string of the molecule is CC(=O)N1C[C@@H](NC(=O)c2c(C)[nH]c3c(-c4c(OCC5CC5)ccc(C)c4F)ncnc23)C[C@@H]1C. The van der Waals surface area contributed by atoms with E-state index in [4.69, 9.17) is 4.74 Å². The molecular formula is C26H30FN5O3. The molecule has 0 spiro atoms. The van der Waals surface area contributed by atoms with Crippen LogP contribution in [0.4, 0.5) is 4.39 Å². The number of aromatic nitrogens is 3. The topological polar surface area (TPSA) is 100 Å². The highest BCUT2D eigenvalue weighted by molar-refractivity contribution is 6.09. The zero-order valence-electron chi connectivity index (χ0n) is 20.4. The van der Waals surface area contributed by atoms with E-state index in [0.29, 0.717) is 64.8 Å². The number of carbonyl (C=O) groups is 2. The van der Waals surface area contributed by atoms with Crippen molar-refractivity contribution in [1.82, 2.24) is 25.2 Å². The molecule has 8 nitrogen and oxygen atoms in total. The number of ether oxygens (including phenoxy) is 1. The Bertz CT molecular complexity index is 1320. The molecule has 1 saturated heterocycles. The van der Waals surface area contributed by atoms with Crippen LogP contribution in [0.1, 0.15) is 54.7 Å². The van der Waals surface area contributed by atoms with Crippen molar-refractivity contribution in [3.8, 4) is 17.0 Å². The Kier molecular flexibility index (Phi) is 5.94. The molecule has 35 heavy (non-hydrogen) atoms. The van der Waals surface area contributed by atoms with Gasteiger partial charge in [0.2, 0.25) is 5.91 Å². The minimum Gasteiger partial charge on any atom is -0.492 e. The first kappa shape index (κ1) is 23.3. The van der Waals surface area contributed by atoms with Gasteiger partial charge in [-0.1, -0.05) is 6.07 Å². The molecule has 2 atom stereocenters. The lowest BCUT2D eigenvalue weighted by Crippen LogP contribution is -2.38. The minimum atomic E-state index is -0.402. The second-order valence-electron chi connectivity index (χ2n) is 9.82. The van der Waals surface area contributed by atoms with Gasteiger partial charge in [0.25, 0.3) is 5.91 Å². The average Bonchev–Trinajstić information content (AvgIpc) is 3.47. The van der Waals surface area contributed by atoms with E-state index >= 15 is 4.39 Å². The fraction of sp³-hybridized carbons (Fsp3) is 0.462. The van der Waals surface area contributed by atoms with Crippen LogP contribution in [0.15, 0.2) is 18.5 Å². The summed E-state index contributed by atoms with van der Waals surface area (Å²) in [5.41, 5.74) is 3.04. The highest BCUT2D eigenvalue weighted by Gasteiger charge is 2.33. The van der Waals surface area contributed by atoms with Gasteiger partial charge in [0.1, 0.15) is 29.1 Å². The summed E-state index contributed by atoms with van der Waals surface area (Å²) in [5, 5.41) is 3.05. The van der Waals surface area contributed by atoms with E-state index in [1.54, 1.807) is 30.9 Å². The number of aromatic amines is 1. The largest absolute Gasteiger partial charge is 0.492 e. The van der Waals surface area contributed by atoms with Crippen molar-refractivity contribution in [3.63, 3.8) is 0 Å². The number of likely N-dealkylation sites (tertiary alicyclic amines) is 1. The van der Waals surface area contributed by atoms with E-state index in [-0.39, 0.29) is 29.5 Å². The Morgan fingerprint density at radius 3 is 2.71 bits per heavy atom. The molecule has 0 radical (unpaired) electrons. The van der Waals surface area contributed by atoms with E-state index in [9.17, 15) is 9.59 Å². The molecule has 2 N–H and O–H groups in total. The molecule has 2 aromatic heterocycles. The van der Waals surface area contributed by atoms with Crippen molar-refractivity contribution < 1.29 is 18.7 Å². The van der Waals surface area contributed by atoms with Crippen molar-refractivity contribution >= 4 is 22.8 Å². The van der Waals surface area contributed by atoms with Crippen molar-refractivity contribution in [2.75, 3.05) is 13.2 Å². The predicted octanol–water partition coefficient (Wildman–Crippen LogP) is 3.91. The first-order valence-electron chi connectivity index (χ1n) is 12.1. The van der Waals surface area contributed by atoms with Gasteiger partial charge in [-0.25, -0.2) is 14.4 Å². The Morgan fingerprint density at radius 2 is 2.03 bits per heavy atom. The molecule has 3 heterocycles. The maximum Gasteiger partial charge on any atom is 0.255 e. The average molecular weight is 480 g/mol. The number of carbonyl (C=O) groups excluding carboxylic acids is 2. The van der Waals surface area contributed by atoms with Gasteiger partial charge in [-0.3, -0.25) is 9.59 Å². The predicted molar refractivity (Wildman–Crippen MR) is 130 cm³/mol. The number of aryl methyl sites for hydroxylation is 2. The Hall–Kier alpha value is -3.49. The normalized spacial score (nSPS) is 19.9. The maximum absolute atomic E-state index is 15.4. The summed E-state index contributed by atoms with van der Waals surface area (Å²) < 4.78 is 21.4. The van der Waals surface area contributed by atoms with Crippen molar-refractivity contribution in [2.24, 2.45) is 5.92 Å². The van der Waals surface area contributed by atoms with Crippen LogP contribution in [0.2, 0.25) is 0 Å². The molecule has 9 heteroatoms. The van der Waals surface area contributed by atoms with Gasteiger partial charge in [0.15, 0.2) is 0 Å². The van der Waals surface area contributed by atoms with E-state index < -0.39 is 5.82 Å². The lowest BCUT2D eigenvalue weighted by Gasteiger charge is -2.18. The fourth-order valence-corrected chi connectivity index (χ4v) is 4.92. The van der Waals surface area contributed by atoms with Crippen LogP contribution < -0.4 is 10.1 Å². The number of hydrogen-bond donors (Lipinski definition) is 2. The number of amides is 2. The second kappa shape index (κ2) is 8.94. The second-order valence-corrected chi connectivity index (χ2v) is 9.82. The molecule has 5 rings (SSSR count). The van der Waals surface area contributed by atoms with Gasteiger partial charge in [-0.15, -0.1) is 0 Å². The fourth-order valence-electron chi connectivity index (χ4n) is 4.92. The number of nitrogens with zero attached hydrogens (tertiary/aromatic N) is 3. The van der Waals surface area contributed by atoms with Crippen molar-refractivity contribution in [1.29, 1.82) is 0 Å². The van der Waals surface area contributed by atoms with Gasteiger partial charge >= 0.3 is 0 Å². The molecule has 2 amide bonds. The van der Waals surface area contributed by atoms with Crippen molar-refractivity contribution in [2.45, 2.75) is 59.0 Å². The van der Waals surface area contributed by atoms with E-state index in [2.05, 4.69) is 20.3 Å². The van der Waals surface area contributed by atoms with E-state index in [0.717, 1.165) is 12.8 Å². The summed E-state index contributed by atoms with van der Waals surface area (Å²) in [4.78, 5) is 38.9. The molecule has 184 valence electrons. The molecule has 0 unspecified atom stereocenters. The smallest absolute Gasteiger partial charge is 0.255 e. The summed E-state index contributed by atoms with van der Waals surface area (Å²) >= 11 is 0. The van der Waals surface area contributed by atoms with E-state index in [1.807, 2.05) is 6.92 Å². The minimum absolute atomic E-state index is 0.00482. The Balaban J connectivity index is 1.50. The highest BCUT2D eigenvalue weighted by atomic mass is 19.1. The Morgan fingerprint density at radius 1 is 1.26 bits per heavy atom. The van der Waals surface area contributed by atoms with Crippen LogP contribution in [-0.2, 0) is 4.79 Å². The van der Waals surface area contributed by atoms with Crippen LogP contribution in [0.25, 0.3) is 22.3 Å². The molecule has 1 aromatic carbocycles. The summed E-state index contributed by atoms with van der Waals surface area (Å²) in [6, 6.07) is 3.39. The molecule has 3 aromatic rings. The van der Waals surface area contributed by atoms with Crippen LogP contribution >= 0.6 is 0 Å². The summed E-state index contributed by atoms with van der Waals surface area (Å²) in [6.45, 7) is 8.02. The molecule has 2 fully saturated rings. The number of halogens is 1. The van der Waals surface area contributed by atoms with Gasteiger partial charge in [-0.2, -0.15) is 0 Å². The quantitative estimate of drug-likeness (QED) is 0.558. The molecule has 1 saturated carbocycles. The number of rotatable bonds is 6. The van der Waals surface area contributed by atoms with Crippen LogP contribution in [0.5, 0.6) is 5.75 Å². The molecular weight excluding hydrogens is 449 g/mol. The lowest BCUT2D eigenvalue weighted by molar-refractivity contribution is -0.129. The summed E-state index contributed by atoms with van der Waals surface area (Å²) in [5.74, 6) is 0.256. The van der Waals surface area contributed by atoms with Crippen LogP contribution in [0, 0.1) is 25.6 Å². The molecule has 1 aliphatic carbocycles. The Labute approximate surface area is 203 Å². The first-order valence-corrected chi connectivity index (χ1v) is 12.1. The zero-order valence-corrected chi connectivity index (χ0v) is 20.4. The highest BCUT2D eigenvalue weighted by Crippen LogP contribution is 2.39. The summed E-state index contributed by atoms with van der Waals surface area (Å²) in [7, 11) is 0. The first-order chi connectivity index (χ1) is 16.7. The number of nitrogens with one attached hydrogen (secondary N) is 2. The van der Waals surface area contributed by atoms with Crippen molar-refractivity contribution in [3.05, 3.63) is 41.1 Å². The van der Waals surface area contributed by atoms with Crippen LogP contribution in [0.3, 0.4) is 0 Å². The third-order valence-corrected chi connectivity index (χ3v) is 7.02. The number of hydrogen-bond acceptors (Lipinski definition) is 5. The van der Waals surface area contributed by atoms with Crippen LogP contribution in [-0.4, -0.2) is 56.9 Å². The van der Waals surface area contributed by atoms with Gasteiger partial charge < -0.3 is 19.9 Å². The third-order valence-electron chi connectivity index (χ3n) is 7.02. The maximum atomic E-state index is 15.4. The van der Waals surface area contributed by atoms with Gasteiger partial charge in [0, 0.05) is 31.2 Å². The van der Waals surface area contributed by atoms with Gasteiger partial charge in [-0.05, 0) is 57.6 Å². The summed E-state index contributed by atoms with van der Waals surface area (Å²) in [6.07, 6.45) is 4.28. The standard InChI is InChI=1S/C26H30FN5O3/c1-13-5-8-19(35-11-17-6-7-17)21(22(13)27)24-25-23(28-12-29-24)20(15(3)30-25)26(34)31-18-9-14(2)32(10-18)16(4)33/h5,8,12,14,17-18,30H,6-7,9-11H2,1-4H3,(H,31,34)/t14-,18-/m0/s1. The molecule has 0 bridgehead atoms. The zero-order chi connectivity index (χ0) is 24.9. The lowest BCUT2D eigenvalue weighted by atomic mass is 10.0. The molecule has 2 aliphatic rings. The van der Waals surface area contributed by atoms with Gasteiger partial charge in [0.05, 0.1) is 23.3 Å². The monoisotopic (exact) mass is 479 g/mol. The third kappa shape index (κ3) is 4.35. The number of H-pyrrole nitrogens is 1.